The number of nitrogens with two attached hydrogens (primary N) is 1. The summed E-state index contributed by atoms with van der Waals surface area (Å²) in [6.07, 6.45) is 1.12. The Kier molecular flexibility index (Phi) is 8.61. The minimum Gasteiger partial charge on any atom is -0.477 e. The van der Waals surface area contributed by atoms with Crippen LogP contribution in [-0.2, 0) is 19.8 Å². The zero-order valence-electron chi connectivity index (χ0n) is 15.0. The van der Waals surface area contributed by atoms with E-state index in [1.807, 2.05) is 11.8 Å². The lowest BCUT2D eigenvalue weighted by atomic mass is 9.88. The summed E-state index contributed by atoms with van der Waals surface area (Å²) in [5.41, 5.74) is 4.55. The van der Waals surface area contributed by atoms with Crippen LogP contribution in [0.5, 0.6) is 0 Å². The van der Waals surface area contributed by atoms with E-state index in [0.29, 0.717) is 25.9 Å². The van der Waals surface area contributed by atoms with Gasteiger partial charge < -0.3 is 15.7 Å². The first kappa shape index (κ1) is 22.2. The van der Waals surface area contributed by atoms with E-state index in [4.69, 9.17) is 15.7 Å². The van der Waals surface area contributed by atoms with E-state index in [1.54, 1.807) is 0 Å². The molecule has 2 heterocycles. The van der Waals surface area contributed by atoms with Crippen molar-refractivity contribution in [2.45, 2.75) is 31.8 Å². The summed E-state index contributed by atoms with van der Waals surface area (Å²) in [7, 11) is -0.452. The predicted molar refractivity (Wildman–Crippen MR) is 99.0 cm³/mol. The number of thioether (sulfide) groups is 1. The Balaban J connectivity index is 0.000000450. The van der Waals surface area contributed by atoms with Gasteiger partial charge in [-0.05, 0) is 5.75 Å². The number of oxime groups is 1. The van der Waals surface area contributed by atoms with Crippen molar-refractivity contribution in [1.29, 1.82) is 0 Å². The van der Waals surface area contributed by atoms with E-state index in [1.165, 1.54) is 28.5 Å². The lowest BCUT2D eigenvalue weighted by Crippen LogP contribution is -2.50. The maximum atomic E-state index is 11.9. The summed E-state index contributed by atoms with van der Waals surface area (Å²) in [4.78, 5) is 16.1. The Morgan fingerprint density at radius 1 is 1.44 bits per heavy atom. The molecule has 0 bridgehead atoms. The van der Waals surface area contributed by atoms with E-state index < -0.39 is 21.8 Å². The number of carboxylic acid groups (broad SMARTS) is 1. The van der Waals surface area contributed by atoms with Gasteiger partial charge in [0.25, 0.3) is 10.2 Å². The molecular formula is C14H28N4O5S2. The first-order valence-electron chi connectivity index (χ1n) is 8.12. The normalized spacial score (nSPS) is 20.0. The van der Waals surface area contributed by atoms with Gasteiger partial charge in [-0.2, -0.15) is 28.8 Å². The molecule has 2 rings (SSSR count). The molecule has 1 fully saturated rings. The van der Waals surface area contributed by atoms with E-state index in [0.717, 1.165) is 12.3 Å². The molecule has 1 spiro atoms. The first-order valence-corrected chi connectivity index (χ1v) is 10.7. The van der Waals surface area contributed by atoms with Crippen molar-refractivity contribution in [3.8, 4) is 0 Å². The van der Waals surface area contributed by atoms with Gasteiger partial charge >= 0.3 is 5.97 Å². The van der Waals surface area contributed by atoms with Crippen LogP contribution in [0.1, 0.15) is 26.2 Å². The third-order valence-electron chi connectivity index (χ3n) is 3.97. The van der Waals surface area contributed by atoms with Crippen molar-refractivity contribution < 1.29 is 23.2 Å². The highest BCUT2D eigenvalue weighted by Crippen LogP contribution is 2.35. The minimum atomic E-state index is -3.42. The quantitative estimate of drug-likeness (QED) is 0.614. The number of aliphatic carboxylic acids is 1. The molecular weight excluding hydrogens is 368 g/mol. The maximum absolute atomic E-state index is 11.9. The van der Waals surface area contributed by atoms with Crippen LogP contribution in [-0.4, -0.2) is 84.7 Å². The van der Waals surface area contributed by atoms with Crippen molar-refractivity contribution in [2.24, 2.45) is 10.9 Å². The molecule has 0 atom stereocenters. The minimum absolute atomic E-state index is 0.00363. The summed E-state index contributed by atoms with van der Waals surface area (Å²) >= 11 is 1.88. The Labute approximate surface area is 153 Å². The zero-order chi connectivity index (χ0) is 19.1. The van der Waals surface area contributed by atoms with Gasteiger partial charge in [-0.3, -0.25) is 0 Å². The highest BCUT2D eigenvalue weighted by atomic mass is 32.2. The van der Waals surface area contributed by atoms with Crippen LogP contribution in [0.3, 0.4) is 0 Å². The molecule has 3 N–H and O–H groups in total. The summed E-state index contributed by atoms with van der Waals surface area (Å²) in [6.45, 7) is 3.57. The maximum Gasteiger partial charge on any atom is 0.353 e. The van der Waals surface area contributed by atoms with E-state index in [9.17, 15) is 13.2 Å². The van der Waals surface area contributed by atoms with Gasteiger partial charge in [-0.1, -0.05) is 12.1 Å². The fourth-order valence-corrected chi connectivity index (χ4v) is 4.05. The molecule has 0 aromatic rings. The molecule has 1 saturated heterocycles. The molecule has 0 aliphatic carbocycles. The standard InChI is InChI=1S/C10H17N3O5S.C4H11NS/c1-12(2)19(16,17)13-5-3-10(4-6-13)7-8(9(14)15)11-18-10;1-2-6-4-3-5/h3-7H2,1-2H3,(H,14,15);2-5H2,1H3. The predicted octanol–water partition coefficient (Wildman–Crippen LogP) is 0.187. The van der Waals surface area contributed by atoms with Gasteiger partial charge in [0.1, 0.15) is 5.60 Å². The number of hydrogen-bond acceptors (Lipinski definition) is 7. The summed E-state index contributed by atoms with van der Waals surface area (Å²) in [6, 6.07) is 0. The second kappa shape index (κ2) is 9.72. The molecule has 25 heavy (non-hydrogen) atoms. The SMILES string of the molecule is CCSCCN.CN(C)S(=O)(=O)N1CCC2(CC1)CC(C(=O)O)=NO2. The molecule has 0 radical (unpaired) electrons. The topological polar surface area (TPSA) is 126 Å². The largest absolute Gasteiger partial charge is 0.477 e. The molecule has 0 unspecified atom stereocenters. The molecule has 0 aromatic heterocycles. The van der Waals surface area contributed by atoms with Crippen molar-refractivity contribution in [3.05, 3.63) is 0 Å². The summed E-state index contributed by atoms with van der Waals surface area (Å²) in [5.74, 6) is 1.22. The number of nitrogens with zero attached hydrogens (tertiary/aromatic N) is 3. The molecule has 146 valence electrons. The number of rotatable bonds is 6. The van der Waals surface area contributed by atoms with E-state index in [-0.39, 0.29) is 12.1 Å². The van der Waals surface area contributed by atoms with Crippen LogP contribution in [0.4, 0.5) is 0 Å². The van der Waals surface area contributed by atoms with Gasteiger partial charge in [0.2, 0.25) is 0 Å². The Bertz CT molecular complexity index is 568. The third kappa shape index (κ3) is 6.10. The van der Waals surface area contributed by atoms with Gasteiger partial charge in [-0.25, -0.2) is 4.79 Å². The highest BCUT2D eigenvalue weighted by molar-refractivity contribution is 7.99. The first-order chi connectivity index (χ1) is 11.7. The summed E-state index contributed by atoms with van der Waals surface area (Å²) < 4.78 is 26.4. The van der Waals surface area contributed by atoms with Gasteiger partial charge in [0.05, 0.1) is 0 Å². The molecule has 0 saturated carbocycles. The average molecular weight is 397 g/mol. The smallest absolute Gasteiger partial charge is 0.353 e. The molecule has 0 aromatic carbocycles. The Morgan fingerprint density at radius 2 is 2.04 bits per heavy atom. The van der Waals surface area contributed by atoms with Crippen molar-refractivity contribution >= 4 is 33.7 Å². The number of carboxylic acids is 1. The highest BCUT2D eigenvalue weighted by Gasteiger charge is 2.45. The van der Waals surface area contributed by atoms with E-state index in [2.05, 4.69) is 12.1 Å². The fourth-order valence-electron chi connectivity index (χ4n) is 2.49. The molecule has 9 nitrogen and oxygen atoms in total. The number of carbonyl (C=O) groups is 1. The Morgan fingerprint density at radius 3 is 2.40 bits per heavy atom. The van der Waals surface area contributed by atoms with Crippen molar-refractivity contribution in [3.63, 3.8) is 0 Å². The Hall–Kier alpha value is -0.880. The lowest BCUT2D eigenvalue weighted by Gasteiger charge is -2.37. The molecule has 0 amide bonds. The lowest BCUT2D eigenvalue weighted by molar-refractivity contribution is -0.129. The van der Waals surface area contributed by atoms with Gasteiger partial charge in [-0.15, -0.1) is 0 Å². The van der Waals surface area contributed by atoms with Crippen molar-refractivity contribution in [2.75, 3.05) is 45.2 Å². The fraction of sp³-hybridized carbons (Fsp3) is 0.857. The molecule has 2 aliphatic heterocycles. The summed E-state index contributed by atoms with van der Waals surface area (Å²) in [5, 5.41) is 12.4. The second-order valence-electron chi connectivity index (χ2n) is 5.97. The van der Waals surface area contributed by atoms with Crippen LogP contribution in [0.2, 0.25) is 0 Å². The van der Waals surface area contributed by atoms with Gasteiger partial charge in [0, 0.05) is 58.7 Å². The second-order valence-corrected chi connectivity index (χ2v) is 9.51. The van der Waals surface area contributed by atoms with Crippen molar-refractivity contribution in [1.82, 2.24) is 8.61 Å². The number of piperidine rings is 1. The monoisotopic (exact) mass is 396 g/mol. The van der Waals surface area contributed by atoms with Gasteiger partial charge in [0.15, 0.2) is 5.71 Å². The molecule has 2 aliphatic rings. The van der Waals surface area contributed by atoms with Crippen LogP contribution < -0.4 is 5.73 Å². The van der Waals surface area contributed by atoms with E-state index >= 15 is 0 Å². The van der Waals surface area contributed by atoms with Crippen LogP contribution in [0.25, 0.3) is 0 Å². The zero-order valence-corrected chi connectivity index (χ0v) is 16.6. The third-order valence-corrected chi connectivity index (χ3v) is 6.85. The van der Waals surface area contributed by atoms with Crippen LogP contribution >= 0.6 is 11.8 Å². The number of hydrogen-bond donors (Lipinski definition) is 2. The molecule has 11 heteroatoms. The van der Waals surface area contributed by atoms with Crippen LogP contribution in [0, 0.1) is 0 Å². The van der Waals surface area contributed by atoms with Crippen LogP contribution in [0.15, 0.2) is 5.16 Å². The average Bonchev–Trinajstić information content (AvgIpc) is 2.98.